The van der Waals surface area contributed by atoms with E-state index >= 15 is 0 Å². The third-order valence-corrected chi connectivity index (χ3v) is 3.55. The van der Waals surface area contributed by atoms with Gasteiger partial charge in [0.05, 0.1) is 19.6 Å². The maximum absolute atomic E-state index is 12.2. The van der Waals surface area contributed by atoms with E-state index in [2.05, 4.69) is 5.32 Å². The number of carboxylic acids is 1. The van der Waals surface area contributed by atoms with Crippen LogP contribution in [0.3, 0.4) is 0 Å². The summed E-state index contributed by atoms with van der Waals surface area (Å²) in [5.41, 5.74) is -0.631. The first-order chi connectivity index (χ1) is 9.86. The van der Waals surface area contributed by atoms with Crippen LogP contribution in [0.1, 0.15) is 30.6 Å². The fraction of sp³-hybridized carbons (Fsp3) is 0.467. The van der Waals surface area contributed by atoms with Gasteiger partial charge in [0.15, 0.2) is 0 Å². The molecule has 0 saturated carbocycles. The smallest absolute Gasteiger partial charge is 0.311 e. The number of amides is 1. The van der Waals surface area contributed by atoms with Crippen LogP contribution >= 0.6 is 0 Å². The van der Waals surface area contributed by atoms with Crippen molar-refractivity contribution in [3.63, 3.8) is 0 Å². The van der Waals surface area contributed by atoms with Crippen LogP contribution in [0.4, 0.5) is 0 Å². The van der Waals surface area contributed by atoms with Crippen LogP contribution in [-0.2, 0) is 4.79 Å². The van der Waals surface area contributed by atoms with Gasteiger partial charge in [0.1, 0.15) is 11.5 Å². The van der Waals surface area contributed by atoms with Gasteiger partial charge in [-0.3, -0.25) is 9.59 Å². The van der Waals surface area contributed by atoms with E-state index in [4.69, 9.17) is 9.47 Å². The molecular formula is C15H21NO5. The molecule has 0 fully saturated rings. The zero-order chi connectivity index (χ0) is 16.0. The largest absolute Gasteiger partial charge is 0.497 e. The van der Waals surface area contributed by atoms with Crippen molar-refractivity contribution in [2.24, 2.45) is 5.41 Å². The molecule has 21 heavy (non-hydrogen) atoms. The van der Waals surface area contributed by atoms with Crippen molar-refractivity contribution in [3.8, 4) is 11.5 Å². The lowest BCUT2D eigenvalue weighted by Crippen LogP contribution is -2.40. The van der Waals surface area contributed by atoms with Gasteiger partial charge in [-0.25, -0.2) is 0 Å². The Balaban J connectivity index is 2.87. The predicted molar refractivity (Wildman–Crippen MR) is 77.9 cm³/mol. The van der Waals surface area contributed by atoms with E-state index in [1.54, 1.807) is 32.0 Å². The Bertz CT molecular complexity index is 507. The van der Waals surface area contributed by atoms with Crippen molar-refractivity contribution in [1.82, 2.24) is 5.32 Å². The lowest BCUT2D eigenvalue weighted by atomic mass is 9.87. The van der Waals surface area contributed by atoms with Crippen molar-refractivity contribution in [2.45, 2.75) is 20.3 Å². The Kier molecular flexibility index (Phi) is 5.58. The fourth-order valence-corrected chi connectivity index (χ4v) is 1.67. The van der Waals surface area contributed by atoms with E-state index in [1.807, 2.05) is 0 Å². The molecule has 0 aliphatic carbocycles. The average molecular weight is 295 g/mol. The second-order valence-corrected chi connectivity index (χ2v) is 5.00. The van der Waals surface area contributed by atoms with Gasteiger partial charge >= 0.3 is 5.97 Å². The van der Waals surface area contributed by atoms with E-state index in [0.717, 1.165) is 0 Å². The minimum Gasteiger partial charge on any atom is -0.497 e. The first kappa shape index (κ1) is 16.8. The molecule has 6 nitrogen and oxygen atoms in total. The average Bonchev–Trinajstić information content (AvgIpc) is 2.51. The highest BCUT2D eigenvalue weighted by atomic mass is 16.5. The molecule has 0 spiro atoms. The van der Waals surface area contributed by atoms with Gasteiger partial charge in [-0.1, -0.05) is 6.92 Å². The fourth-order valence-electron chi connectivity index (χ4n) is 1.67. The van der Waals surface area contributed by atoms with Crippen molar-refractivity contribution >= 4 is 11.9 Å². The summed E-state index contributed by atoms with van der Waals surface area (Å²) in [5, 5.41) is 11.8. The standard InChI is InChI=1S/C15H21NO5/c1-5-15(2,14(18)19)9-16-13(17)10-6-11(20-3)8-12(7-10)21-4/h6-8H,5,9H2,1-4H3,(H,16,17)(H,18,19). The number of nitrogens with one attached hydrogen (secondary N) is 1. The van der Waals surface area contributed by atoms with E-state index in [-0.39, 0.29) is 12.5 Å². The summed E-state index contributed by atoms with van der Waals surface area (Å²) in [4.78, 5) is 23.4. The summed E-state index contributed by atoms with van der Waals surface area (Å²) in [7, 11) is 2.99. The third-order valence-electron chi connectivity index (χ3n) is 3.55. The van der Waals surface area contributed by atoms with Crippen LogP contribution in [0, 0.1) is 5.41 Å². The molecule has 0 saturated heterocycles. The van der Waals surface area contributed by atoms with Gasteiger partial charge in [-0.2, -0.15) is 0 Å². The molecule has 1 aromatic rings. The molecule has 1 atom stereocenters. The Morgan fingerprint density at radius 2 is 1.71 bits per heavy atom. The number of aliphatic carboxylic acids is 1. The van der Waals surface area contributed by atoms with Gasteiger partial charge in [0, 0.05) is 18.2 Å². The number of benzene rings is 1. The van der Waals surface area contributed by atoms with Crippen LogP contribution in [0.2, 0.25) is 0 Å². The SMILES string of the molecule is CCC(C)(CNC(=O)c1cc(OC)cc(OC)c1)C(=O)O. The highest BCUT2D eigenvalue weighted by Crippen LogP contribution is 2.23. The van der Waals surface area contributed by atoms with Gasteiger partial charge in [-0.15, -0.1) is 0 Å². The summed E-state index contributed by atoms with van der Waals surface area (Å²) >= 11 is 0. The molecule has 0 bridgehead atoms. The molecule has 2 N–H and O–H groups in total. The van der Waals surface area contributed by atoms with Crippen molar-refractivity contribution in [1.29, 1.82) is 0 Å². The van der Waals surface area contributed by atoms with Gasteiger partial charge in [0.2, 0.25) is 0 Å². The number of carbonyl (C=O) groups excluding carboxylic acids is 1. The van der Waals surface area contributed by atoms with Crippen LogP contribution in [-0.4, -0.2) is 37.7 Å². The number of ether oxygens (including phenoxy) is 2. The first-order valence-electron chi connectivity index (χ1n) is 6.61. The molecule has 0 aliphatic heterocycles. The first-order valence-corrected chi connectivity index (χ1v) is 6.61. The zero-order valence-corrected chi connectivity index (χ0v) is 12.7. The normalized spacial score (nSPS) is 13.1. The van der Waals surface area contributed by atoms with E-state index in [0.29, 0.717) is 23.5 Å². The summed E-state index contributed by atoms with van der Waals surface area (Å²) in [6.45, 7) is 3.42. The topological polar surface area (TPSA) is 84.9 Å². The highest BCUT2D eigenvalue weighted by Gasteiger charge is 2.31. The van der Waals surface area contributed by atoms with Crippen LogP contribution in [0.15, 0.2) is 18.2 Å². The number of carboxylic acid groups (broad SMARTS) is 1. The van der Waals surface area contributed by atoms with Gasteiger partial charge in [-0.05, 0) is 25.5 Å². The Morgan fingerprint density at radius 3 is 2.10 bits per heavy atom. The zero-order valence-electron chi connectivity index (χ0n) is 12.7. The molecule has 1 aromatic carbocycles. The second-order valence-electron chi connectivity index (χ2n) is 5.00. The number of methoxy groups -OCH3 is 2. The summed E-state index contributed by atoms with van der Waals surface area (Å²) in [6.07, 6.45) is 0.421. The summed E-state index contributed by atoms with van der Waals surface area (Å²) < 4.78 is 10.2. The van der Waals surface area contributed by atoms with Crippen molar-refractivity contribution in [2.75, 3.05) is 20.8 Å². The van der Waals surface area contributed by atoms with Crippen LogP contribution < -0.4 is 14.8 Å². The number of hydrogen-bond acceptors (Lipinski definition) is 4. The van der Waals surface area contributed by atoms with Crippen molar-refractivity contribution < 1.29 is 24.2 Å². The molecule has 1 amide bonds. The van der Waals surface area contributed by atoms with Gasteiger partial charge < -0.3 is 19.9 Å². The van der Waals surface area contributed by atoms with Gasteiger partial charge in [0.25, 0.3) is 5.91 Å². The highest BCUT2D eigenvalue weighted by molar-refractivity contribution is 5.95. The van der Waals surface area contributed by atoms with Crippen LogP contribution in [0.25, 0.3) is 0 Å². The molecular weight excluding hydrogens is 274 g/mol. The number of hydrogen-bond donors (Lipinski definition) is 2. The third kappa shape index (κ3) is 4.11. The monoisotopic (exact) mass is 295 g/mol. The molecule has 0 heterocycles. The molecule has 0 aliphatic rings. The summed E-state index contributed by atoms with van der Waals surface area (Å²) in [5.74, 6) is -0.311. The quantitative estimate of drug-likeness (QED) is 0.803. The molecule has 1 unspecified atom stereocenters. The van der Waals surface area contributed by atoms with Crippen molar-refractivity contribution in [3.05, 3.63) is 23.8 Å². The van der Waals surface area contributed by atoms with E-state index in [9.17, 15) is 14.7 Å². The molecule has 0 radical (unpaired) electrons. The predicted octanol–water partition coefficient (Wildman–Crippen LogP) is 1.93. The Morgan fingerprint density at radius 1 is 1.19 bits per heavy atom. The molecule has 6 heteroatoms. The molecule has 0 aromatic heterocycles. The minimum absolute atomic E-state index is 0.0528. The summed E-state index contributed by atoms with van der Waals surface area (Å²) in [6, 6.07) is 4.80. The maximum atomic E-state index is 12.2. The lowest BCUT2D eigenvalue weighted by molar-refractivity contribution is -0.147. The number of carbonyl (C=O) groups is 2. The van der Waals surface area contributed by atoms with E-state index in [1.165, 1.54) is 14.2 Å². The number of rotatable bonds is 7. The maximum Gasteiger partial charge on any atom is 0.311 e. The lowest BCUT2D eigenvalue weighted by Gasteiger charge is -2.23. The Labute approximate surface area is 124 Å². The minimum atomic E-state index is -0.987. The second kappa shape index (κ2) is 6.97. The van der Waals surface area contributed by atoms with Crippen LogP contribution in [0.5, 0.6) is 11.5 Å². The molecule has 1 rings (SSSR count). The molecule has 116 valence electrons. The van der Waals surface area contributed by atoms with E-state index < -0.39 is 11.4 Å². The Hall–Kier alpha value is -2.24.